The van der Waals surface area contributed by atoms with Crippen molar-refractivity contribution >= 4 is 51.6 Å². The number of hydrogen-bond acceptors (Lipinski definition) is 5. The van der Waals surface area contributed by atoms with Crippen molar-refractivity contribution in [3.63, 3.8) is 0 Å². The fourth-order valence-corrected chi connectivity index (χ4v) is 4.54. The Bertz CT molecular complexity index is 930. The van der Waals surface area contributed by atoms with Gasteiger partial charge in [0.05, 0.1) is 22.2 Å². The first kappa shape index (κ1) is 21.7. The molecule has 1 aliphatic heterocycles. The van der Waals surface area contributed by atoms with E-state index in [0.29, 0.717) is 36.0 Å². The van der Waals surface area contributed by atoms with Crippen LogP contribution in [0.25, 0.3) is 6.08 Å². The lowest BCUT2D eigenvalue weighted by Crippen LogP contribution is -2.30. The van der Waals surface area contributed by atoms with Gasteiger partial charge in [-0.1, -0.05) is 37.3 Å². The van der Waals surface area contributed by atoms with Gasteiger partial charge in [-0.05, 0) is 76.5 Å². The number of halogens is 1. The predicted octanol–water partition coefficient (Wildman–Crippen LogP) is 5.37. The fraction of sp³-hybridized carbons (Fsp3) is 0.273. The van der Waals surface area contributed by atoms with Gasteiger partial charge >= 0.3 is 0 Å². The van der Waals surface area contributed by atoms with Gasteiger partial charge in [0.1, 0.15) is 0 Å². The van der Waals surface area contributed by atoms with E-state index in [1.165, 1.54) is 4.90 Å². The minimum Gasteiger partial charge on any atom is -0.493 e. The summed E-state index contributed by atoms with van der Waals surface area (Å²) >= 11 is 3.16. The molecule has 3 rings (SSSR count). The maximum absolute atomic E-state index is 12.7. The van der Waals surface area contributed by atoms with Crippen LogP contribution < -0.4 is 9.47 Å². The van der Waals surface area contributed by atoms with Crippen LogP contribution >= 0.6 is 34.4 Å². The molecule has 0 spiro atoms. The topological polar surface area (TPSA) is 55.8 Å². The molecule has 0 unspecified atom stereocenters. The van der Waals surface area contributed by atoms with Crippen molar-refractivity contribution in [3.05, 3.63) is 62.1 Å². The van der Waals surface area contributed by atoms with Gasteiger partial charge in [-0.2, -0.15) is 0 Å². The van der Waals surface area contributed by atoms with Crippen molar-refractivity contribution in [2.24, 2.45) is 0 Å². The van der Waals surface area contributed by atoms with Gasteiger partial charge in [-0.3, -0.25) is 14.5 Å². The van der Waals surface area contributed by atoms with Crippen LogP contribution in [0.1, 0.15) is 24.5 Å². The molecule has 29 heavy (non-hydrogen) atoms. The third-order valence-corrected chi connectivity index (χ3v) is 6.05. The number of ether oxygens (including phenoxy) is 2. The molecule has 1 heterocycles. The standard InChI is InChI=1S/C22H22INO4S/c1-3-11-28-20-17(23)12-16(13-18(20)27-2)14-19-21(25)24(22(26)29-19)10-9-15-7-5-4-6-8-15/h4-8,12-14H,3,9-11H2,1-2H3/b19-14-. The van der Waals surface area contributed by atoms with Crippen molar-refractivity contribution < 1.29 is 19.1 Å². The summed E-state index contributed by atoms with van der Waals surface area (Å²) in [5.74, 6) is 1.05. The zero-order chi connectivity index (χ0) is 20.8. The summed E-state index contributed by atoms with van der Waals surface area (Å²) in [6.07, 6.45) is 3.28. The third kappa shape index (κ3) is 5.33. The first-order valence-corrected chi connectivity index (χ1v) is 11.2. The number of rotatable bonds is 8. The second-order valence-corrected chi connectivity index (χ2v) is 8.61. The second-order valence-electron chi connectivity index (χ2n) is 6.45. The van der Waals surface area contributed by atoms with E-state index in [9.17, 15) is 9.59 Å². The number of carbonyl (C=O) groups excluding carboxylic acids is 2. The maximum atomic E-state index is 12.7. The van der Waals surface area contributed by atoms with Crippen LogP contribution in [-0.2, 0) is 11.2 Å². The zero-order valence-corrected chi connectivity index (χ0v) is 19.3. The third-order valence-electron chi connectivity index (χ3n) is 4.34. The van der Waals surface area contributed by atoms with Crippen molar-refractivity contribution in [2.75, 3.05) is 20.3 Å². The molecule has 0 radical (unpaired) electrons. The van der Waals surface area contributed by atoms with Gasteiger partial charge in [0.15, 0.2) is 11.5 Å². The summed E-state index contributed by atoms with van der Waals surface area (Å²) in [4.78, 5) is 26.8. The second kappa shape index (κ2) is 10.2. The molecule has 5 nitrogen and oxygen atoms in total. The molecule has 1 saturated heterocycles. The van der Waals surface area contributed by atoms with Gasteiger partial charge in [0.25, 0.3) is 11.1 Å². The molecule has 152 valence electrons. The van der Waals surface area contributed by atoms with Crippen LogP contribution in [0.5, 0.6) is 11.5 Å². The Kier molecular flexibility index (Phi) is 7.60. The lowest BCUT2D eigenvalue weighted by Gasteiger charge is -2.13. The van der Waals surface area contributed by atoms with Crippen molar-refractivity contribution in [1.82, 2.24) is 4.90 Å². The molecule has 0 atom stereocenters. The van der Waals surface area contributed by atoms with Crippen LogP contribution in [0.3, 0.4) is 0 Å². The number of hydrogen-bond donors (Lipinski definition) is 0. The summed E-state index contributed by atoms with van der Waals surface area (Å²) in [5, 5.41) is -0.234. The normalized spacial score (nSPS) is 15.3. The summed E-state index contributed by atoms with van der Waals surface area (Å²) in [6.45, 7) is 3.02. The SMILES string of the molecule is CCCOc1c(I)cc(/C=C2\SC(=O)N(CCc3ccccc3)C2=O)cc1OC. The summed E-state index contributed by atoms with van der Waals surface area (Å²) < 4.78 is 12.1. The van der Waals surface area contributed by atoms with E-state index in [-0.39, 0.29) is 11.1 Å². The lowest BCUT2D eigenvalue weighted by atomic mass is 10.1. The number of benzene rings is 2. The Labute approximate surface area is 188 Å². The van der Waals surface area contributed by atoms with E-state index in [1.807, 2.05) is 49.4 Å². The fourth-order valence-electron chi connectivity index (χ4n) is 2.90. The summed E-state index contributed by atoms with van der Waals surface area (Å²) in [7, 11) is 1.59. The molecule has 2 aromatic rings. The average Bonchev–Trinajstić information content (AvgIpc) is 2.98. The van der Waals surface area contributed by atoms with Gasteiger partial charge in [-0.15, -0.1) is 0 Å². The molecular formula is C22H22INO4S. The number of thioether (sulfide) groups is 1. The predicted molar refractivity (Wildman–Crippen MR) is 124 cm³/mol. The highest BCUT2D eigenvalue weighted by atomic mass is 127. The van der Waals surface area contributed by atoms with Crippen LogP contribution in [-0.4, -0.2) is 36.3 Å². The Morgan fingerprint density at radius 3 is 2.62 bits per heavy atom. The summed E-state index contributed by atoms with van der Waals surface area (Å²) in [5.41, 5.74) is 1.89. The van der Waals surface area contributed by atoms with E-state index in [1.54, 1.807) is 13.2 Å². The Hall–Kier alpha value is -2.00. The van der Waals surface area contributed by atoms with E-state index < -0.39 is 0 Å². The smallest absolute Gasteiger partial charge is 0.293 e. The summed E-state index contributed by atoms with van der Waals surface area (Å²) in [6, 6.07) is 13.6. The maximum Gasteiger partial charge on any atom is 0.293 e. The van der Waals surface area contributed by atoms with Gasteiger partial charge in [0, 0.05) is 6.54 Å². The van der Waals surface area contributed by atoms with Crippen LogP contribution in [0, 0.1) is 3.57 Å². The van der Waals surface area contributed by atoms with Gasteiger partial charge < -0.3 is 9.47 Å². The Morgan fingerprint density at radius 2 is 1.93 bits per heavy atom. The molecule has 1 fully saturated rings. The first-order valence-electron chi connectivity index (χ1n) is 9.33. The quantitative estimate of drug-likeness (QED) is 0.344. The molecule has 7 heteroatoms. The molecule has 1 aliphatic rings. The van der Waals surface area contributed by atoms with Crippen molar-refractivity contribution in [1.29, 1.82) is 0 Å². The van der Waals surface area contributed by atoms with Crippen LogP contribution in [0.2, 0.25) is 0 Å². The Balaban J connectivity index is 1.77. The highest BCUT2D eigenvalue weighted by Crippen LogP contribution is 2.37. The van der Waals surface area contributed by atoms with E-state index in [0.717, 1.165) is 32.9 Å². The number of imide groups is 1. The number of methoxy groups -OCH3 is 1. The molecular weight excluding hydrogens is 501 g/mol. The van der Waals surface area contributed by atoms with Crippen molar-refractivity contribution in [3.8, 4) is 11.5 Å². The molecule has 2 amide bonds. The van der Waals surface area contributed by atoms with Crippen LogP contribution in [0.4, 0.5) is 4.79 Å². The molecule has 0 N–H and O–H groups in total. The van der Waals surface area contributed by atoms with Gasteiger partial charge in [0.2, 0.25) is 0 Å². The molecule has 0 aromatic heterocycles. The van der Waals surface area contributed by atoms with Gasteiger partial charge in [-0.25, -0.2) is 0 Å². The molecule has 2 aromatic carbocycles. The lowest BCUT2D eigenvalue weighted by molar-refractivity contribution is -0.122. The molecule has 0 saturated carbocycles. The van der Waals surface area contributed by atoms with E-state index in [4.69, 9.17) is 9.47 Å². The van der Waals surface area contributed by atoms with Crippen LogP contribution in [0.15, 0.2) is 47.4 Å². The minimum atomic E-state index is -0.254. The molecule has 0 aliphatic carbocycles. The monoisotopic (exact) mass is 523 g/mol. The first-order chi connectivity index (χ1) is 14.0. The zero-order valence-electron chi connectivity index (χ0n) is 16.3. The molecule has 0 bridgehead atoms. The largest absolute Gasteiger partial charge is 0.493 e. The highest BCUT2D eigenvalue weighted by Gasteiger charge is 2.34. The Morgan fingerprint density at radius 1 is 1.17 bits per heavy atom. The number of amides is 2. The number of carbonyl (C=O) groups is 2. The highest BCUT2D eigenvalue weighted by molar-refractivity contribution is 14.1. The van der Waals surface area contributed by atoms with E-state index in [2.05, 4.69) is 22.6 Å². The minimum absolute atomic E-state index is 0.234. The van der Waals surface area contributed by atoms with Crippen molar-refractivity contribution in [2.45, 2.75) is 19.8 Å². The number of nitrogens with zero attached hydrogens (tertiary/aromatic N) is 1. The average molecular weight is 523 g/mol. The van der Waals surface area contributed by atoms with E-state index >= 15 is 0 Å².